The van der Waals surface area contributed by atoms with E-state index in [9.17, 15) is 5.11 Å². The van der Waals surface area contributed by atoms with Gasteiger partial charge in [0.05, 0.1) is 17.2 Å². The van der Waals surface area contributed by atoms with Crippen LogP contribution in [0.15, 0.2) is 59.2 Å². The molecule has 0 spiro atoms. The summed E-state index contributed by atoms with van der Waals surface area (Å²) in [5.41, 5.74) is 2.74. The zero-order chi connectivity index (χ0) is 14.8. The topological polar surface area (TPSA) is 45.2 Å². The maximum atomic E-state index is 9.95. The van der Waals surface area contributed by atoms with Gasteiger partial charge in [0.1, 0.15) is 5.75 Å². The molecule has 3 nitrogen and oxygen atoms in total. The number of aromatic nitrogens is 1. The number of hydrogen-bond donors (Lipinski definition) is 2. The van der Waals surface area contributed by atoms with Crippen molar-refractivity contribution in [3.63, 3.8) is 0 Å². The van der Waals surface area contributed by atoms with Gasteiger partial charge in [-0.2, -0.15) is 0 Å². The van der Waals surface area contributed by atoms with Crippen LogP contribution in [0.4, 0.5) is 5.69 Å². The number of rotatable bonds is 3. The lowest BCUT2D eigenvalue weighted by molar-refractivity contribution is 0.465. The fraction of sp³-hybridized carbons (Fsp3) is 0.118. The standard InChI is InChI=1S/C17H15BrN2O/c1-11(14-6-2-3-8-16(14)21)20-15-7-4-5-12-9-13(18)10-19-17(12)15/h2-11,20-21H,1H3. The van der Waals surface area contributed by atoms with Crippen molar-refractivity contribution in [2.75, 3.05) is 5.32 Å². The Morgan fingerprint density at radius 1 is 1.14 bits per heavy atom. The number of aromatic hydroxyl groups is 1. The Labute approximate surface area is 131 Å². The molecule has 0 aliphatic heterocycles. The zero-order valence-electron chi connectivity index (χ0n) is 11.5. The maximum Gasteiger partial charge on any atom is 0.120 e. The summed E-state index contributed by atoms with van der Waals surface area (Å²) in [5.74, 6) is 0.299. The number of para-hydroxylation sites is 2. The molecule has 0 aliphatic carbocycles. The Kier molecular flexibility index (Phi) is 3.80. The molecule has 0 aliphatic rings. The van der Waals surface area contributed by atoms with Gasteiger partial charge < -0.3 is 10.4 Å². The van der Waals surface area contributed by atoms with E-state index in [0.29, 0.717) is 5.75 Å². The summed E-state index contributed by atoms with van der Waals surface area (Å²) in [6.07, 6.45) is 1.79. The summed E-state index contributed by atoms with van der Waals surface area (Å²) in [4.78, 5) is 4.48. The predicted molar refractivity (Wildman–Crippen MR) is 89.6 cm³/mol. The highest BCUT2D eigenvalue weighted by Gasteiger charge is 2.11. The molecule has 4 heteroatoms. The Morgan fingerprint density at radius 3 is 2.76 bits per heavy atom. The van der Waals surface area contributed by atoms with Crippen LogP contribution in [-0.4, -0.2) is 10.1 Å². The van der Waals surface area contributed by atoms with E-state index in [1.165, 1.54) is 0 Å². The van der Waals surface area contributed by atoms with E-state index in [-0.39, 0.29) is 6.04 Å². The minimum atomic E-state index is -0.0118. The van der Waals surface area contributed by atoms with Crippen LogP contribution in [-0.2, 0) is 0 Å². The molecule has 1 heterocycles. The molecule has 0 amide bonds. The lowest BCUT2D eigenvalue weighted by Crippen LogP contribution is -2.07. The van der Waals surface area contributed by atoms with E-state index < -0.39 is 0 Å². The van der Waals surface area contributed by atoms with Crippen LogP contribution in [0.25, 0.3) is 10.9 Å². The number of pyridine rings is 1. The van der Waals surface area contributed by atoms with Gasteiger partial charge in [-0.1, -0.05) is 30.3 Å². The van der Waals surface area contributed by atoms with E-state index in [2.05, 4.69) is 26.2 Å². The number of nitrogens with one attached hydrogen (secondary N) is 1. The van der Waals surface area contributed by atoms with Gasteiger partial charge >= 0.3 is 0 Å². The van der Waals surface area contributed by atoms with E-state index in [1.807, 2.05) is 49.4 Å². The fourth-order valence-corrected chi connectivity index (χ4v) is 2.76. The zero-order valence-corrected chi connectivity index (χ0v) is 13.1. The SMILES string of the molecule is CC(Nc1cccc2cc(Br)cnc12)c1ccccc1O. The van der Waals surface area contributed by atoms with Crippen molar-refractivity contribution in [1.29, 1.82) is 0 Å². The summed E-state index contributed by atoms with van der Waals surface area (Å²) in [6, 6.07) is 15.4. The number of fused-ring (bicyclic) bond motifs is 1. The molecule has 0 radical (unpaired) electrons. The number of anilines is 1. The first-order chi connectivity index (χ1) is 10.1. The molecule has 0 fully saturated rings. The molecule has 0 saturated carbocycles. The summed E-state index contributed by atoms with van der Waals surface area (Å²) >= 11 is 3.44. The molecular formula is C17H15BrN2O. The normalized spacial score (nSPS) is 12.3. The number of nitrogens with zero attached hydrogens (tertiary/aromatic N) is 1. The van der Waals surface area contributed by atoms with Gasteiger partial charge in [0.15, 0.2) is 0 Å². The van der Waals surface area contributed by atoms with E-state index >= 15 is 0 Å². The highest BCUT2D eigenvalue weighted by Crippen LogP contribution is 2.30. The van der Waals surface area contributed by atoms with Gasteiger partial charge in [0.2, 0.25) is 0 Å². The molecule has 106 valence electrons. The molecule has 2 N–H and O–H groups in total. The molecule has 0 saturated heterocycles. The molecule has 1 aromatic heterocycles. The van der Waals surface area contributed by atoms with Crippen molar-refractivity contribution in [1.82, 2.24) is 4.98 Å². The first kappa shape index (κ1) is 13.9. The van der Waals surface area contributed by atoms with Crippen molar-refractivity contribution in [3.05, 3.63) is 64.8 Å². The third kappa shape index (κ3) is 2.85. The highest BCUT2D eigenvalue weighted by atomic mass is 79.9. The maximum absolute atomic E-state index is 9.95. The third-order valence-electron chi connectivity index (χ3n) is 3.45. The van der Waals surface area contributed by atoms with Crippen LogP contribution in [0.1, 0.15) is 18.5 Å². The van der Waals surface area contributed by atoms with Gasteiger partial charge in [-0.25, -0.2) is 0 Å². The second-order valence-electron chi connectivity index (χ2n) is 4.96. The molecule has 3 rings (SSSR count). The van der Waals surface area contributed by atoms with Crippen LogP contribution in [0, 0.1) is 0 Å². The average Bonchev–Trinajstić information content (AvgIpc) is 2.47. The third-order valence-corrected chi connectivity index (χ3v) is 3.89. The second-order valence-corrected chi connectivity index (χ2v) is 5.87. The quantitative estimate of drug-likeness (QED) is 0.713. The first-order valence-corrected chi connectivity index (χ1v) is 7.53. The van der Waals surface area contributed by atoms with Gasteiger partial charge in [-0.15, -0.1) is 0 Å². The second kappa shape index (κ2) is 5.74. The molecule has 3 aromatic rings. The van der Waals surface area contributed by atoms with E-state index in [4.69, 9.17) is 0 Å². The molecule has 1 unspecified atom stereocenters. The fourth-order valence-electron chi connectivity index (χ4n) is 2.42. The summed E-state index contributed by atoms with van der Waals surface area (Å²) in [5, 5.41) is 14.4. The summed E-state index contributed by atoms with van der Waals surface area (Å²) in [6.45, 7) is 2.02. The minimum absolute atomic E-state index is 0.0118. The van der Waals surface area contributed by atoms with Crippen molar-refractivity contribution in [2.45, 2.75) is 13.0 Å². The van der Waals surface area contributed by atoms with Crippen molar-refractivity contribution in [3.8, 4) is 5.75 Å². The lowest BCUT2D eigenvalue weighted by atomic mass is 10.1. The molecular weight excluding hydrogens is 328 g/mol. The van der Waals surface area contributed by atoms with E-state index in [1.54, 1.807) is 12.3 Å². The van der Waals surface area contributed by atoms with Gasteiger partial charge in [0, 0.05) is 21.6 Å². The summed E-state index contributed by atoms with van der Waals surface area (Å²) < 4.78 is 0.959. The Bertz CT molecular complexity index is 789. The number of halogens is 1. The molecule has 2 aromatic carbocycles. The average molecular weight is 343 g/mol. The van der Waals surface area contributed by atoms with E-state index in [0.717, 1.165) is 26.6 Å². The van der Waals surface area contributed by atoms with Crippen molar-refractivity contribution in [2.24, 2.45) is 0 Å². The Hall–Kier alpha value is -2.07. The minimum Gasteiger partial charge on any atom is -0.508 e. The van der Waals surface area contributed by atoms with Gasteiger partial charge in [-0.3, -0.25) is 4.98 Å². The van der Waals surface area contributed by atoms with Crippen LogP contribution >= 0.6 is 15.9 Å². The summed E-state index contributed by atoms with van der Waals surface area (Å²) in [7, 11) is 0. The van der Waals surface area contributed by atoms with Gasteiger partial charge in [0.25, 0.3) is 0 Å². The van der Waals surface area contributed by atoms with Crippen LogP contribution in [0.5, 0.6) is 5.75 Å². The number of benzene rings is 2. The highest BCUT2D eigenvalue weighted by molar-refractivity contribution is 9.10. The molecule has 0 bridgehead atoms. The van der Waals surface area contributed by atoms with Crippen LogP contribution in [0.2, 0.25) is 0 Å². The van der Waals surface area contributed by atoms with Crippen LogP contribution in [0.3, 0.4) is 0 Å². The number of phenolic OH excluding ortho intramolecular Hbond substituents is 1. The Morgan fingerprint density at radius 2 is 1.95 bits per heavy atom. The van der Waals surface area contributed by atoms with Crippen molar-refractivity contribution >= 4 is 32.5 Å². The lowest BCUT2D eigenvalue weighted by Gasteiger charge is -2.18. The smallest absolute Gasteiger partial charge is 0.120 e. The Balaban J connectivity index is 1.97. The predicted octanol–water partition coefficient (Wildman–Crippen LogP) is 4.88. The van der Waals surface area contributed by atoms with Gasteiger partial charge in [-0.05, 0) is 41.1 Å². The largest absolute Gasteiger partial charge is 0.508 e. The first-order valence-electron chi connectivity index (χ1n) is 6.74. The molecule has 1 atom stereocenters. The number of hydrogen-bond acceptors (Lipinski definition) is 3. The monoisotopic (exact) mass is 342 g/mol. The van der Waals surface area contributed by atoms with Crippen LogP contribution < -0.4 is 5.32 Å². The molecule has 21 heavy (non-hydrogen) atoms. The van der Waals surface area contributed by atoms with Crippen molar-refractivity contribution < 1.29 is 5.11 Å². The number of phenols is 1.